The molecule has 2 rings (SSSR count). The Bertz CT molecular complexity index is 652. The molecule has 0 amide bonds. The largest absolute Gasteiger partial charge is 0.392 e. The van der Waals surface area contributed by atoms with E-state index < -0.39 is 10.0 Å². The molecule has 0 unspecified atom stereocenters. The molecule has 0 bridgehead atoms. The summed E-state index contributed by atoms with van der Waals surface area (Å²) in [6.45, 7) is 1.81. The molecule has 102 valence electrons. The van der Waals surface area contributed by atoms with E-state index in [2.05, 4.69) is 9.71 Å². The fourth-order valence-corrected chi connectivity index (χ4v) is 3.17. The van der Waals surface area contributed by atoms with Crippen molar-refractivity contribution in [1.29, 1.82) is 0 Å². The second-order valence-electron chi connectivity index (χ2n) is 4.05. The fourth-order valence-electron chi connectivity index (χ4n) is 1.56. The number of benzene rings is 1. The van der Waals surface area contributed by atoms with Crippen molar-refractivity contribution in [3.8, 4) is 0 Å². The third kappa shape index (κ3) is 3.38. The predicted octanol–water partition coefficient (Wildman–Crippen LogP) is 1.42. The smallest absolute Gasteiger partial charge is 0.240 e. The first kappa shape index (κ1) is 14.1. The minimum atomic E-state index is -3.58. The summed E-state index contributed by atoms with van der Waals surface area (Å²) >= 11 is 1.42. The third-order valence-corrected chi connectivity index (χ3v) is 4.76. The Labute approximate surface area is 116 Å². The molecular weight excluding hydrogens is 284 g/mol. The molecule has 0 aliphatic carbocycles. The van der Waals surface area contributed by atoms with Gasteiger partial charge in [0.05, 0.1) is 29.3 Å². The first-order valence-corrected chi connectivity index (χ1v) is 8.02. The molecule has 1 heterocycles. The molecule has 1 aromatic carbocycles. The number of nitrogens with zero attached hydrogens (tertiary/aromatic N) is 1. The van der Waals surface area contributed by atoms with Crippen LogP contribution in [0.3, 0.4) is 0 Å². The second-order valence-corrected chi connectivity index (χ2v) is 6.54. The minimum Gasteiger partial charge on any atom is -0.392 e. The van der Waals surface area contributed by atoms with E-state index in [1.807, 2.05) is 6.92 Å². The number of aliphatic hydroxyl groups excluding tert-OH is 1. The number of rotatable bonds is 5. The number of aryl methyl sites for hydroxylation is 1. The molecule has 0 saturated heterocycles. The maximum Gasteiger partial charge on any atom is 0.240 e. The lowest BCUT2D eigenvalue weighted by molar-refractivity contribution is 0.280. The quantitative estimate of drug-likeness (QED) is 0.875. The molecule has 7 heteroatoms. The van der Waals surface area contributed by atoms with Crippen LogP contribution in [0.1, 0.15) is 16.8 Å². The normalized spacial score (nSPS) is 11.7. The van der Waals surface area contributed by atoms with Gasteiger partial charge in [0.1, 0.15) is 0 Å². The van der Waals surface area contributed by atoms with E-state index in [-0.39, 0.29) is 18.0 Å². The van der Waals surface area contributed by atoms with Gasteiger partial charge in [0, 0.05) is 5.38 Å². The number of sulfonamides is 1. The van der Waals surface area contributed by atoms with Gasteiger partial charge in [0.15, 0.2) is 0 Å². The molecule has 0 aliphatic heterocycles. The highest BCUT2D eigenvalue weighted by atomic mass is 32.2. The summed E-state index contributed by atoms with van der Waals surface area (Å²) in [5.41, 5.74) is 3.81. The van der Waals surface area contributed by atoms with Crippen LogP contribution in [0.4, 0.5) is 0 Å². The van der Waals surface area contributed by atoms with Gasteiger partial charge in [-0.2, -0.15) is 0 Å². The Balaban J connectivity index is 2.19. The van der Waals surface area contributed by atoms with Gasteiger partial charge in [-0.15, -0.1) is 11.3 Å². The van der Waals surface area contributed by atoms with E-state index >= 15 is 0 Å². The zero-order chi connectivity index (χ0) is 13.9. The van der Waals surface area contributed by atoms with Gasteiger partial charge in [-0.3, -0.25) is 0 Å². The van der Waals surface area contributed by atoms with Crippen molar-refractivity contribution in [2.75, 3.05) is 0 Å². The average molecular weight is 298 g/mol. The summed E-state index contributed by atoms with van der Waals surface area (Å²) in [7, 11) is -3.58. The van der Waals surface area contributed by atoms with Crippen LogP contribution in [0.2, 0.25) is 0 Å². The lowest BCUT2D eigenvalue weighted by Gasteiger charge is -2.08. The van der Waals surface area contributed by atoms with Gasteiger partial charge in [-0.05, 0) is 30.2 Å². The van der Waals surface area contributed by atoms with Crippen LogP contribution in [0.5, 0.6) is 0 Å². The lowest BCUT2D eigenvalue weighted by atomic mass is 10.1. The second kappa shape index (κ2) is 5.79. The van der Waals surface area contributed by atoms with Crippen LogP contribution >= 0.6 is 11.3 Å². The summed E-state index contributed by atoms with van der Waals surface area (Å²) in [6.07, 6.45) is 0. The van der Waals surface area contributed by atoms with Gasteiger partial charge in [0.25, 0.3) is 0 Å². The molecule has 0 radical (unpaired) electrons. The van der Waals surface area contributed by atoms with Gasteiger partial charge < -0.3 is 5.11 Å². The van der Waals surface area contributed by atoms with E-state index in [0.717, 1.165) is 5.56 Å². The van der Waals surface area contributed by atoms with Crippen LogP contribution in [0, 0.1) is 6.92 Å². The van der Waals surface area contributed by atoms with Crippen LogP contribution in [-0.4, -0.2) is 18.5 Å². The average Bonchev–Trinajstić information content (AvgIpc) is 2.90. The molecule has 0 atom stereocenters. The lowest BCUT2D eigenvalue weighted by Crippen LogP contribution is -2.23. The van der Waals surface area contributed by atoms with E-state index in [4.69, 9.17) is 5.11 Å². The van der Waals surface area contributed by atoms with Gasteiger partial charge >= 0.3 is 0 Å². The summed E-state index contributed by atoms with van der Waals surface area (Å²) in [4.78, 5) is 4.16. The Morgan fingerprint density at radius 3 is 2.84 bits per heavy atom. The Morgan fingerprint density at radius 1 is 1.42 bits per heavy atom. The number of hydrogen-bond acceptors (Lipinski definition) is 5. The van der Waals surface area contributed by atoms with Gasteiger partial charge in [0.2, 0.25) is 10.0 Å². The van der Waals surface area contributed by atoms with Gasteiger partial charge in [-0.25, -0.2) is 18.1 Å². The maximum absolute atomic E-state index is 12.1. The van der Waals surface area contributed by atoms with Gasteiger partial charge in [-0.1, -0.05) is 6.07 Å². The van der Waals surface area contributed by atoms with Crippen molar-refractivity contribution < 1.29 is 13.5 Å². The summed E-state index contributed by atoms with van der Waals surface area (Å²) in [5, 5.41) is 11.0. The van der Waals surface area contributed by atoms with Crippen molar-refractivity contribution in [3.63, 3.8) is 0 Å². The molecular formula is C12H14N2O3S2. The Hall–Kier alpha value is -1.28. The molecule has 2 N–H and O–H groups in total. The van der Waals surface area contributed by atoms with E-state index in [1.54, 1.807) is 17.0 Å². The highest BCUT2D eigenvalue weighted by Gasteiger charge is 2.15. The zero-order valence-electron chi connectivity index (χ0n) is 10.3. The SMILES string of the molecule is Cc1ccc(S(=O)(=O)NCc2cscn2)cc1CO. The number of aromatic nitrogens is 1. The molecule has 0 saturated carbocycles. The zero-order valence-corrected chi connectivity index (χ0v) is 12.0. The first-order valence-electron chi connectivity index (χ1n) is 5.60. The molecule has 0 fully saturated rings. The topological polar surface area (TPSA) is 79.3 Å². The number of nitrogens with one attached hydrogen (secondary N) is 1. The monoisotopic (exact) mass is 298 g/mol. The van der Waals surface area contributed by atoms with E-state index in [0.29, 0.717) is 11.3 Å². The molecule has 1 aromatic heterocycles. The summed E-state index contributed by atoms with van der Waals surface area (Å²) in [6, 6.07) is 4.69. The van der Waals surface area contributed by atoms with Crippen LogP contribution in [-0.2, 0) is 23.2 Å². The number of hydrogen-bond donors (Lipinski definition) is 2. The predicted molar refractivity (Wildman–Crippen MR) is 73.2 cm³/mol. The summed E-state index contributed by atoms with van der Waals surface area (Å²) in [5.74, 6) is 0. The van der Waals surface area contributed by atoms with Crippen LogP contribution in [0.15, 0.2) is 34.0 Å². The molecule has 19 heavy (non-hydrogen) atoms. The number of aliphatic hydroxyl groups is 1. The van der Waals surface area contributed by atoms with Crippen molar-refractivity contribution in [1.82, 2.24) is 9.71 Å². The van der Waals surface area contributed by atoms with Crippen molar-refractivity contribution >= 4 is 21.4 Å². The fraction of sp³-hybridized carbons (Fsp3) is 0.250. The molecule has 5 nitrogen and oxygen atoms in total. The molecule has 2 aromatic rings. The Morgan fingerprint density at radius 2 is 2.21 bits per heavy atom. The third-order valence-electron chi connectivity index (χ3n) is 2.73. The van der Waals surface area contributed by atoms with Crippen LogP contribution < -0.4 is 4.72 Å². The van der Waals surface area contributed by atoms with E-state index in [9.17, 15) is 8.42 Å². The van der Waals surface area contributed by atoms with Crippen LogP contribution in [0.25, 0.3) is 0 Å². The maximum atomic E-state index is 12.1. The highest BCUT2D eigenvalue weighted by Crippen LogP contribution is 2.16. The molecule has 0 aliphatic rings. The molecule has 0 spiro atoms. The first-order chi connectivity index (χ1) is 9.03. The minimum absolute atomic E-state index is 0.150. The number of thiazole rings is 1. The highest BCUT2D eigenvalue weighted by molar-refractivity contribution is 7.89. The van der Waals surface area contributed by atoms with Crippen molar-refractivity contribution in [2.45, 2.75) is 25.0 Å². The van der Waals surface area contributed by atoms with Crippen molar-refractivity contribution in [2.24, 2.45) is 0 Å². The standard InChI is InChI=1S/C12H14N2O3S2/c1-9-2-3-12(4-10(9)6-15)19(16,17)14-5-11-7-18-8-13-11/h2-4,7-8,14-15H,5-6H2,1H3. The Kier molecular flexibility index (Phi) is 4.31. The van der Waals surface area contributed by atoms with E-state index in [1.165, 1.54) is 23.5 Å². The summed E-state index contributed by atoms with van der Waals surface area (Å²) < 4.78 is 26.7. The van der Waals surface area contributed by atoms with Crippen molar-refractivity contribution in [3.05, 3.63) is 45.9 Å².